The second kappa shape index (κ2) is 12.1. The molecular formula is C12H26N6O3. The zero-order valence-corrected chi connectivity index (χ0v) is 12.2. The van der Waals surface area contributed by atoms with Crippen LogP contribution in [0.2, 0.25) is 0 Å². The van der Waals surface area contributed by atoms with E-state index in [1.165, 1.54) is 0 Å². The molecule has 0 saturated heterocycles. The van der Waals surface area contributed by atoms with Crippen LogP contribution in [0.3, 0.4) is 0 Å². The van der Waals surface area contributed by atoms with Crippen molar-refractivity contribution >= 4 is 17.7 Å². The first-order chi connectivity index (χ1) is 10.0. The molecule has 0 aromatic heterocycles. The maximum Gasteiger partial charge on any atom is 0.242 e. The smallest absolute Gasteiger partial charge is 0.242 e. The first-order valence-electron chi connectivity index (χ1n) is 6.99. The second-order valence-electron chi connectivity index (χ2n) is 4.47. The summed E-state index contributed by atoms with van der Waals surface area (Å²) in [6, 6.07) is -0.662. The van der Waals surface area contributed by atoms with E-state index in [9.17, 15) is 14.4 Å². The average molecular weight is 302 g/mol. The molecule has 0 aliphatic carbocycles. The predicted molar refractivity (Wildman–Crippen MR) is 79.0 cm³/mol. The van der Waals surface area contributed by atoms with Gasteiger partial charge in [0.25, 0.3) is 0 Å². The highest BCUT2D eigenvalue weighted by Crippen LogP contribution is 2.00. The fourth-order valence-corrected chi connectivity index (χ4v) is 1.58. The third-order valence-electron chi connectivity index (χ3n) is 2.67. The standard InChI is InChI=1S/C12H26N6O3/c13-4-2-1-3-9(12(21)16-6-5-14)18-11(20)8-17-10(19)7-15/h9H,1-8,13-15H2,(H,16,21)(H,17,19)(H,18,20)/t9-/m0/s1. The van der Waals surface area contributed by atoms with E-state index in [4.69, 9.17) is 17.2 Å². The molecule has 0 aliphatic heterocycles. The molecule has 1 atom stereocenters. The minimum atomic E-state index is -0.662. The van der Waals surface area contributed by atoms with Crippen LogP contribution in [0.1, 0.15) is 19.3 Å². The summed E-state index contributed by atoms with van der Waals surface area (Å²) in [6.07, 6.45) is 1.96. The van der Waals surface area contributed by atoms with E-state index in [1.807, 2.05) is 0 Å². The molecule has 0 saturated carbocycles. The Morgan fingerprint density at radius 3 is 2.19 bits per heavy atom. The summed E-state index contributed by atoms with van der Waals surface area (Å²) in [7, 11) is 0. The van der Waals surface area contributed by atoms with E-state index in [2.05, 4.69) is 16.0 Å². The number of unbranched alkanes of at least 4 members (excludes halogenated alkanes) is 1. The lowest BCUT2D eigenvalue weighted by molar-refractivity contribution is -0.129. The van der Waals surface area contributed by atoms with Crippen LogP contribution in [0.4, 0.5) is 0 Å². The van der Waals surface area contributed by atoms with Gasteiger partial charge in [-0.15, -0.1) is 0 Å². The van der Waals surface area contributed by atoms with Crippen molar-refractivity contribution in [2.75, 3.05) is 32.7 Å². The summed E-state index contributed by atoms with van der Waals surface area (Å²) in [6.45, 7) is 0.781. The Morgan fingerprint density at radius 2 is 1.62 bits per heavy atom. The van der Waals surface area contributed by atoms with Crippen LogP contribution >= 0.6 is 0 Å². The average Bonchev–Trinajstić information content (AvgIpc) is 2.49. The summed E-state index contributed by atoms with van der Waals surface area (Å²) in [4.78, 5) is 34.6. The molecule has 0 aromatic carbocycles. The van der Waals surface area contributed by atoms with Gasteiger partial charge in [0.05, 0.1) is 13.1 Å². The van der Waals surface area contributed by atoms with Crippen molar-refractivity contribution < 1.29 is 14.4 Å². The largest absolute Gasteiger partial charge is 0.353 e. The highest BCUT2D eigenvalue weighted by atomic mass is 16.2. The molecule has 0 fully saturated rings. The number of carbonyl (C=O) groups excluding carboxylic acids is 3. The maximum atomic E-state index is 11.9. The van der Waals surface area contributed by atoms with Crippen molar-refractivity contribution in [2.24, 2.45) is 17.2 Å². The van der Waals surface area contributed by atoms with E-state index in [0.717, 1.165) is 6.42 Å². The van der Waals surface area contributed by atoms with Crippen molar-refractivity contribution in [1.82, 2.24) is 16.0 Å². The first-order valence-corrected chi connectivity index (χ1v) is 6.99. The summed E-state index contributed by atoms with van der Waals surface area (Å²) in [5.74, 6) is -1.18. The fraction of sp³-hybridized carbons (Fsp3) is 0.750. The van der Waals surface area contributed by atoms with Gasteiger partial charge in [0.2, 0.25) is 17.7 Å². The van der Waals surface area contributed by atoms with E-state index in [-0.39, 0.29) is 19.0 Å². The second-order valence-corrected chi connectivity index (χ2v) is 4.47. The third-order valence-corrected chi connectivity index (χ3v) is 2.67. The normalized spacial score (nSPS) is 11.6. The first kappa shape index (κ1) is 19.3. The van der Waals surface area contributed by atoms with Gasteiger partial charge in [0.1, 0.15) is 6.04 Å². The Morgan fingerprint density at radius 1 is 0.905 bits per heavy atom. The number of hydrogen-bond acceptors (Lipinski definition) is 6. The molecule has 9 nitrogen and oxygen atoms in total. The molecule has 3 amide bonds. The van der Waals surface area contributed by atoms with Crippen molar-refractivity contribution in [1.29, 1.82) is 0 Å². The Kier molecular flexibility index (Phi) is 11.1. The lowest BCUT2D eigenvalue weighted by Crippen LogP contribution is -2.50. The highest BCUT2D eigenvalue weighted by molar-refractivity contribution is 5.90. The molecule has 0 heterocycles. The predicted octanol–water partition coefficient (Wildman–Crippen LogP) is -3.25. The SMILES string of the molecule is NCCCC[C@H](NC(=O)CNC(=O)CN)C(=O)NCCN. The number of nitrogens with two attached hydrogens (primary N) is 3. The summed E-state index contributed by atoms with van der Waals surface area (Å²) < 4.78 is 0. The molecule has 0 aromatic rings. The van der Waals surface area contributed by atoms with Gasteiger partial charge in [-0.2, -0.15) is 0 Å². The molecule has 9 heteroatoms. The molecular weight excluding hydrogens is 276 g/mol. The van der Waals surface area contributed by atoms with Gasteiger partial charge >= 0.3 is 0 Å². The van der Waals surface area contributed by atoms with Gasteiger partial charge in [-0.3, -0.25) is 14.4 Å². The molecule has 0 spiro atoms. The summed E-state index contributed by atoms with van der Waals surface area (Å²) in [5, 5.41) is 7.54. The summed E-state index contributed by atoms with van der Waals surface area (Å²) in [5.41, 5.74) is 15.8. The molecule has 122 valence electrons. The molecule has 0 rings (SSSR count). The molecule has 0 radical (unpaired) electrons. The molecule has 0 unspecified atom stereocenters. The van der Waals surface area contributed by atoms with Crippen LogP contribution in [-0.2, 0) is 14.4 Å². The molecule has 0 aliphatic rings. The number of hydrogen-bond donors (Lipinski definition) is 6. The van der Waals surface area contributed by atoms with Crippen LogP contribution in [0.5, 0.6) is 0 Å². The van der Waals surface area contributed by atoms with Gasteiger partial charge in [0, 0.05) is 13.1 Å². The molecule has 9 N–H and O–H groups in total. The van der Waals surface area contributed by atoms with Gasteiger partial charge in [-0.05, 0) is 25.8 Å². The minimum absolute atomic E-state index is 0.190. The maximum absolute atomic E-state index is 11.9. The monoisotopic (exact) mass is 302 g/mol. The van der Waals surface area contributed by atoms with E-state index < -0.39 is 17.9 Å². The van der Waals surface area contributed by atoms with E-state index in [0.29, 0.717) is 32.5 Å². The Bertz CT molecular complexity index is 337. The zero-order valence-electron chi connectivity index (χ0n) is 12.2. The van der Waals surface area contributed by atoms with Crippen LogP contribution in [0.25, 0.3) is 0 Å². The number of carbonyl (C=O) groups is 3. The van der Waals surface area contributed by atoms with Crippen molar-refractivity contribution in [3.8, 4) is 0 Å². The van der Waals surface area contributed by atoms with E-state index >= 15 is 0 Å². The van der Waals surface area contributed by atoms with E-state index in [1.54, 1.807) is 0 Å². The third kappa shape index (κ3) is 9.77. The van der Waals surface area contributed by atoms with Gasteiger partial charge in [-0.25, -0.2) is 0 Å². The van der Waals surface area contributed by atoms with Crippen molar-refractivity contribution in [3.05, 3.63) is 0 Å². The number of rotatable bonds is 11. The molecule has 21 heavy (non-hydrogen) atoms. The summed E-state index contributed by atoms with van der Waals surface area (Å²) >= 11 is 0. The zero-order chi connectivity index (χ0) is 16.1. The number of nitrogens with one attached hydrogen (secondary N) is 3. The van der Waals surface area contributed by atoms with Crippen LogP contribution in [0, 0.1) is 0 Å². The minimum Gasteiger partial charge on any atom is -0.353 e. The quantitative estimate of drug-likeness (QED) is 0.219. The highest BCUT2D eigenvalue weighted by Gasteiger charge is 2.19. The van der Waals surface area contributed by atoms with Gasteiger partial charge in [-0.1, -0.05) is 0 Å². The van der Waals surface area contributed by atoms with Gasteiger partial charge < -0.3 is 33.2 Å². The van der Waals surface area contributed by atoms with Crippen LogP contribution in [0.15, 0.2) is 0 Å². The Hall–Kier alpha value is -1.71. The van der Waals surface area contributed by atoms with Gasteiger partial charge in [0.15, 0.2) is 0 Å². The van der Waals surface area contributed by atoms with Crippen molar-refractivity contribution in [2.45, 2.75) is 25.3 Å². The Labute approximate surface area is 124 Å². The lowest BCUT2D eigenvalue weighted by atomic mass is 10.1. The van der Waals surface area contributed by atoms with Crippen molar-refractivity contribution in [3.63, 3.8) is 0 Å². The fourth-order valence-electron chi connectivity index (χ4n) is 1.58. The Balaban J connectivity index is 4.32. The molecule has 0 bridgehead atoms. The van der Waals surface area contributed by atoms with Crippen LogP contribution < -0.4 is 33.2 Å². The number of amides is 3. The topological polar surface area (TPSA) is 165 Å². The van der Waals surface area contributed by atoms with Crippen LogP contribution in [-0.4, -0.2) is 56.5 Å². The lowest BCUT2D eigenvalue weighted by Gasteiger charge is -2.18.